The summed E-state index contributed by atoms with van der Waals surface area (Å²) in [5.41, 5.74) is 3.95. The van der Waals surface area contributed by atoms with Crippen LogP contribution >= 0.6 is 0 Å². The zero-order valence-corrected chi connectivity index (χ0v) is 21.5. The number of rotatable bonds is 4. The number of hydrogen-bond donors (Lipinski definition) is 1. The second-order valence-corrected chi connectivity index (χ2v) is 11.0. The minimum atomic E-state index is -0.407. The molecule has 8 nitrogen and oxygen atoms in total. The number of carbonyl (C=O) groups is 1. The van der Waals surface area contributed by atoms with Gasteiger partial charge in [-0.15, -0.1) is 0 Å². The molecule has 1 N–H and O–H groups in total. The number of fused-ring (bicyclic) bond motifs is 1. The Balaban J connectivity index is 1.11. The van der Waals surface area contributed by atoms with Crippen LogP contribution in [0.5, 0.6) is 5.75 Å². The molecule has 4 heterocycles. The number of hydrogen-bond acceptors (Lipinski definition) is 7. The second-order valence-electron chi connectivity index (χ2n) is 11.0. The van der Waals surface area contributed by atoms with Crippen LogP contribution < -0.4 is 9.64 Å². The third kappa shape index (κ3) is 4.70. The Morgan fingerprint density at radius 2 is 1.81 bits per heavy atom. The van der Waals surface area contributed by atoms with Crippen molar-refractivity contribution < 1.29 is 19.2 Å². The predicted molar refractivity (Wildman–Crippen MR) is 140 cm³/mol. The number of β-amino-alcohol motifs (C(OH)–C–C–N with tert-alkyl or cyclic N) is 1. The van der Waals surface area contributed by atoms with Crippen LogP contribution in [0.15, 0.2) is 47.0 Å². The van der Waals surface area contributed by atoms with E-state index in [1.54, 1.807) is 4.90 Å². The van der Waals surface area contributed by atoms with Gasteiger partial charge < -0.3 is 24.2 Å². The lowest BCUT2D eigenvalue weighted by atomic mass is 9.82. The number of likely N-dealkylation sites (tertiary alicyclic amines) is 1. The fraction of sp³-hybridized carbons (Fsp3) is 0.483. The summed E-state index contributed by atoms with van der Waals surface area (Å²) in [5.74, 6) is 1.96. The summed E-state index contributed by atoms with van der Waals surface area (Å²) >= 11 is 0. The Kier molecular flexibility index (Phi) is 6.15. The van der Waals surface area contributed by atoms with Crippen LogP contribution in [0.4, 0.5) is 6.01 Å². The smallest absolute Gasteiger partial charge is 0.324 e. The first-order valence-electron chi connectivity index (χ1n) is 13.4. The molecule has 8 heteroatoms. The van der Waals surface area contributed by atoms with Crippen molar-refractivity contribution in [1.82, 2.24) is 15.0 Å². The zero-order valence-electron chi connectivity index (χ0n) is 21.5. The summed E-state index contributed by atoms with van der Waals surface area (Å²) in [4.78, 5) is 21.1. The lowest BCUT2D eigenvalue weighted by molar-refractivity contribution is 0.0217. The number of benzene rings is 2. The number of aromatic nitrogens is 2. The third-order valence-corrected chi connectivity index (χ3v) is 8.05. The second kappa shape index (κ2) is 9.49. The highest BCUT2D eigenvalue weighted by Crippen LogP contribution is 2.41. The summed E-state index contributed by atoms with van der Waals surface area (Å²) in [7, 11) is 0. The number of nitrogens with zero attached hydrogens (tertiary/aromatic N) is 4. The highest BCUT2D eigenvalue weighted by atomic mass is 16.5. The SMILES string of the molecule is CC(C)c1noc(N2CCC3(CCc4cc(-c5ccc(C(=O)N6CCC(O)C6)cc5)ccc4O3)CC2)n1. The molecule has 1 spiro atoms. The third-order valence-electron chi connectivity index (χ3n) is 8.05. The van der Waals surface area contributed by atoms with Gasteiger partial charge in [0.05, 0.1) is 6.10 Å². The van der Waals surface area contributed by atoms with Gasteiger partial charge in [0.15, 0.2) is 5.82 Å². The predicted octanol–water partition coefficient (Wildman–Crippen LogP) is 4.43. The quantitative estimate of drug-likeness (QED) is 0.564. The number of aliphatic hydroxyl groups is 1. The van der Waals surface area contributed by atoms with E-state index >= 15 is 0 Å². The molecule has 1 atom stereocenters. The molecule has 37 heavy (non-hydrogen) atoms. The van der Waals surface area contributed by atoms with Gasteiger partial charge in [-0.3, -0.25) is 4.79 Å². The van der Waals surface area contributed by atoms with Crippen LogP contribution in [0, 0.1) is 0 Å². The van der Waals surface area contributed by atoms with E-state index in [1.807, 2.05) is 24.3 Å². The Bertz CT molecular complexity index is 1280. The van der Waals surface area contributed by atoms with Gasteiger partial charge in [0.25, 0.3) is 5.91 Å². The van der Waals surface area contributed by atoms with E-state index in [1.165, 1.54) is 5.56 Å². The number of piperidine rings is 1. The number of carbonyl (C=O) groups excluding carboxylic acids is 1. The van der Waals surface area contributed by atoms with Crippen molar-refractivity contribution in [3.63, 3.8) is 0 Å². The number of aryl methyl sites for hydroxylation is 1. The molecule has 0 aliphatic carbocycles. The molecule has 3 aliphatic heterocycles. The van der Waals surface area contributed by atoms with Crippen LogP contribution in [0.2, 0.25) is 0 Å². The standard InChI is InChI=1S/C29H34N4O4/c1-19(2)26-30-28(37-31-26)32-15-12-29(13-16-32)11-9-23-17-22(7-8-25(23)36-29)20-3-5-21(6-4-20)27(35)33-14-10-24(34)18-33/h3-8,17,19,24,34H,9-16,18H2,1-2H3. The van der Waals surface area contributed by atoms with Crippen molar-refractivity contribution in [2.75, 3.05) is 31.1 Å². The molecule has 0 bridgehead atoms. The highest BCUT2D eigenvalue weighted by Gasteiger charge is 2.40. The number of amides is 1. The molecule has 2 aromatic carbocycles. The van der Waals surface area contributed by atoms with Crippen molar-refractivity contribution in [3.05, 3.63) is 59.4 Å². The molecule has 1 amide bonds. The monoisotopic (exact) mass is 502 g/mol. The van der Waals surface area contributed by atoms with Gasteiger partial charge in [0.2, 0.25) is 0 Å². The van der Waals surface area contributed by atoms with Crippen molar-refractivity contribution in [3.8, 4) is 16.9 Å². The summed E-state index contributed by atoms with van der Waals surface area (Å²) in [6, 6.07) is 14.8. The largest absolute Gasteiger partial charge is 0.487 e. The van der Waals surface area contributed by atoms with E-state index in [2.05, 4.69) is 47.1 Å². The maximum absolute atomic E-state index is 12.7. The Hall–Kier alpha value is -3.39. The first kappa shape index (κ1) is 24.0. The minimum Gasteiger partial charge on any atom is -0.487 e. The van der Waals surface area contributed by atoms with Crippen molar-refractivity contribution in [2.24, 2.45) is 0 Å². The maximum Gasteiger partial charge on any atom is 0.324 e. The molecule has 1 unspecified atom stereocenters. The molecule has 3 aromatic rings. The first-order valence-corrected chi connectivity index (χ1v) is 13.4. The summed E-state index contributed by atoms with van der Waals surface area (Å²) in [6.07, 6.45) is 4.07. The molecule has 6 rings (SSSR count). The summed E-state index contributed by atoms with van der Waals surface area (Å²) in [6.45, 7) is 6.85. The van der Waals surface area contributed by atoms with Crippen LogP contribution in [0.25, 0.3) is 11.1 Å². The normalized spacial score (nSPS) is 20.8. The van der Waals surface area contributed by atoms with E-state index < -0.39 is 6.10 Å². The lowest BCUT2D eigenvalue weighted by Crippen LogP contribution is -2.50. The molecule has 2 saturated heterocycles. The molecule has 0 saturated carbocycles. The molecular weight excluding hydrogens is 468 g/mol. The van der Waals surface area contributed by atoms with Gasteiger partial charge in [-0.25, -0.2) is 0 Å². The van der Waals surface area contributed by atoms with E-state index in [9.17, 15) is 9.90 Å². The summed E-state index contributed by atoms with van der Waals surface area (Å²) < 4.78 is 12.1. The lowest BCUT2D eigenvalue weighted by Gasteiger charge is -2.44. The molecule has 1 aromatic heterocycles. The van der Waals surface area contributed by atoms with Crippen molar-refractivity contribution in [1.29, 1.82) is 0 Å². The Labute approximate surface area is 217 Å². The van der Waals surface area contributed by atoms with Gasteiger partial charge in [-0.2, -0.15) is 4.98 Å². The van der Waals surface area contributed by atoms with Gasteiger partial charge >= 0.3 is 6.01 Å². The van der Waals surface area contributed by atoms with Gasteiger partial charge in [-0.05, 0) is 60.2 Å². The van der Waals surface area contributed by atoms with E-state index in [4.69, 9.17) is 9.26 Å². The average Bonchev–Trinajstić information content (AvgIpc) is 3.58. The Morgan fingerprint density at radius 3 is 2.49 bits per heavy atom. The van der Waals surface area contributed by atoms with Crippen molar-refractivity contribution in [2.45, 2.75) is 63.6 Å². The van der Waals surface area contributed by atoms with Gasteiger partial charge in [-0.1, -0.05) is 37.2 Å². The zero-order chi connectivity index (χ0) is 25.6. The van der Waals surface area contributed by atoms with Crippen molar-refractivity contribution >= 4 is 11.9 Å². The number of anilines is 1. The number of ether oxygens (including phenoxy) is 1. The average molecular weight is 503 g/mol. The van der Waals surface area contributed by atoms with Gasteiger partial charge in [0.1, 0.15) is 11.4 Å². The van der Waals surface area contributed by atoms with Crippen LogP contribution in [0.3, 0.4) is 0 Å². The maximum atomic E-state index is 12.7. The van der Waals surface area contributed by atoms with Crippen LogP contribution in [-0.4, -0.2) is 63.9 Å². The molecular formula is C29H34N4O4. The molecule has 3 aliphatic rings. The first-order chi connectivity index (χ1) is 17.9. The van der Waals surface area contributed by atoms with E-state index in [0.717, 1.165) is 61.5 Å². The Morgan fingerprint density at radius 1 is 1.05 bits per heavy atom. The molecule has 2 fully saturated rings. The minimum absolute atomic E-state index is 0.0160. The van der Waals surface area contributed by atoms with E-state index in [0.29, 0.717) is 31.1 Å². The van der Waals surface area contributed by atoms with E-state index in [-0.39, 0.29) is 17.4 Å². The fourth-order valence-corrected chi connectivity index (χ4v) is 5.66. The topological polar surface area (TPSA) is 91.9 Å². The van der Waals surface area contributed by atoms with Crippen LogP contribution in [-0.2, 0) is 6.42 Å². The molecule has 0 radical (unpaired) electrons. The molecule has 194 valence electrons. The summed E-state index contributed by atoms with van der Waals surface area (Å²) in [5, 5.41) is 13.8. The van der Waals surface area contributed by atoms with Gasteiger partial charge in [0, 0.05) is 50.5 Å². The fourth-order valence-electron chi connectivity index (χ4n) is 5.66. The highest BCUT2D eigenvalue weighted by molar-refractivity contribution is 5.95. The number of aliphatic hydroxyl groups excluding tert-OH is 1. The van der Waals surface area contributed by atoms with Crippen LogP contribution in [0.1, 0.15) is 67.2 Å².